The summed E-state index contributed by atoms with van der Waals surface area (Å²) < 4.78 is 0. The van der Waals surface area contributed by atoms with Crippen LogP contribution in [0.25, 0.3) is 0 Å². The predicted octanol–water partition coefficient (Wildman–Crippen LogP) is 3.00. The van der Waals surface area contributed by atoms with E-state index < -0.39 is 0 Å². The molecule has 1 amide bonds. The first-order valence-electron chi connectivity index (χ1n) is 8.61. The van der Waals surface area contributed by atoms with Crippen LogP contribution >= 0.6 is 0 Å². The van der Waals surface area contributed by atoms with Gasteiger partial charge in [0.15, 0.2) is 0 Å². The van der Waals surface area contributed by atoms with Crippen molar-refractivity contribution in [2.24, 2.45) is 17.8 Å². The molecule has 0 aromatic rings. The van der Waals surface area contributed by atoms with Gasteiger partial charge in [-0.3, -0.25) is 4.79 Å². The molecule has 0 bridgehead atoms. The average molecular weight is 280 g/mol. The van der Waals surface area contributed by atoms with Crippen LogP contribution in [-0.4, -0.2) is 48.4 Å². The molecule has 2 heterocycles. The van der Waals surface area contributed by atoms with E-state index in [1.165, 1.54) is 45.3 Å². The van der Waals surface area contributed by atoms with Gasteiger partial charge in [0, 0.05) is 25.6 Å². The minimum absolute atomic E-state index is 0.204. The van der Waals surface area contributed by atoms with Gasteiger partial charge in [-0.25, -0.2) is 0 Å². The van der Waals surface area contributed by atoms with Gasteiger partial charge in [-0.2, -0.15) is 0 Å². The lowest BCUT2D eigenvalue weighted by atomic mass is 9.93. The largest absolute Gasteiger partial charge is 0.342 e. The second kappa shape index (κ2) is 7.44. The number of carbonyl (C=O) groups is 1. The van der Waals surface area contributed by atoms with Crippen molar-refractivity contribution in [1.29, 1.82) is 0 Å². The number of carbonyl (C=O) groups excluding carboxylic acids is 1. The fourth-order valence-electron chi connectivity index (χ4n) is 3.43. The van der Waals surface area contributed by atoms with Crippen LogP contribution in [0.1, 0.15) is 52.9 Å². The first-order valence-corrected chi connectivity index (χ1v) is 8.61. The Balaban J connectivity index is 1.70. The fourth-order valence-corrected chi connectivity index (χ4v) is 3.43. The van der Waals surface area contributed by atoms with Crippen molar-refractivity contribution in [3.05, 3.63) is 0 Å². The van der Waals surface area contributed by atoms with E-state index in [9.17, 15) is 4.79 Å². The Kier molecular flexibility index (Phi) is 5.88. The quantitative estimate of drug-likeness (QED) is 0.790. The summed E-state index contributed by atoms with van der Waals surface area (Å²) in [5, 5.41) is 0. The van der Waals surface area contributed by atoms with Crippen molar-refractivity contribution in [2.75, 3.05) is 32.7 Å². The molecule has 0 radical (unpaired) electrons. The molecule has 0 spiro atoms. The van der Waals surface area contributed by atoms with Crippen molar-refractivity contribution in [3.63, 3.8) is 0 Å². The van der Waals surface area contributed by atoms with E-state index in [4.69, 9.17) is 0 Å². The topological polar surface area (TPSA) is 23.6 Å². The molecule has 2 fully saturated rings. The average Bonchev–Trinajstić information content (AvgIpc) is 2.49. The van der Waals surface area contributed by atoms with Crippen LogP contribution in [0.5, 0.6) is 0 Å². The lowest BCUT2D eigenvalue weighted by molar-refractivity contribution is -0.136. The van der Waals surface area contributed by atoms with Gasteiger partial charge < -0.3 is 9.80 Å². The third kappa shape index (κ3) is 4.21. The van der Waals surface area contributed by atoms with Crippen LogP contribution in [0, 0.1) is 17.8 Å². The fraction of sp³-hybridized carbons (Fsp3) is 0.941. The third-order valence-corrected chi connectivity index (χ3v) is 5.35. The van der Waals surface area contributed by atoms with Gasteiger partial charge in [0.2, 0.25) is 5.91 Å². The number of hydrogen-bond donors (Lipinski definition) is 0. The Morgan fingerprint density at radius 1 is 1.10 bits per heavy atom. The molecule has 1 unspecified atom stereocenters. The molecular weight excluding hydrogens is 248 g/mol. The summed E-state index contributed by atoms with van der Waals surface area (Å²) in [5.41, 5.74) is 0. The molecule has 2 saturated heterocycles. The van der Waals surface area contributed by atoms with Crippen molar-refractivity contribution >= 4 is 5.91 Å². The SMILES string of the molecule is CCC(C)C(=O)N1CCC(CN2CCC(C)CC2)CC1. The molecule has 0 N–H and O–H groups in total. The molecule has 0 aliphatic carbocycles. The summed E-state index contributed by atoms with van der Waals surface area (Å²) in [6.45, 7) is 12.3. The summed E-state index contributed by atoms with van der Waals surface area (Å²) in [4.78, 5) is 16.9. The maximum atomic E-state index is 12.2. The Labute approximate surface area is 124 Å². The maximum Gasteiger partial charge on any atom is 0.225 e. The van der Waals surface area contributed by atoms with Crippen LogP contribution in [0.3, 0.4) is 0 Å². The molecule has 0 saturated carbocycles. The first-order chi connectivity index (χ1) is 9.60. The minimum atomic E-state index is 0.204. The third-order valence-electron chi connectivity index (χ3n) is 5.35. The van der Waals surface area contributed by atoms with Gasteiger partial charge in [-0.1, -0.05) is 20.8 Å². The van der Waals surface area contributed by atoms with Crippen LogP contribution < -0.4 is 0 Å². The van der Waals surface area contributed by atoms with E-state index in [0.717, 1.165) is 31.3 Å². The Hall–Kier alpha value is -0.570. The van der Waals surface area contributed by atoms with E-state index >= 15 is 0 Å². The number of nitrogens with zero attached hydrogens (tertiary/aromatic N) is 2. The van der Waals surface area contributed by atoms with Crippen LogP contribution in [0.2, 0.25) is 0 Å². The molecule has 3 heteroatoms. The Morgan fingerprint density at radius 3 is 2.25 bits per heavy atom. The number of hydrogen-bond acceptors (Lipinski definition) is 2. The lowest BCUT2D eigenvalue weighted by Crippen LogP contribution is -2.44. The molecule has 0 aromatic carbocycles. The zero-order chi connectivity index (χ0) is 14.5. The van der Waals surface area contributed by atoms with Gasteiger partial charge in [0.1, 0.15) is 0 Å². The Morgan fingerprint density at radius 2 is 1.70 bits per heavy atom. The van der Waals surface area contributed by atoms with E-state index in [1.807, 2.05) is 0 Å². The van der Waals surface area contributed by atoms with E-state index in [0.29, 0.717) is 5.91 Å². The van der Waals surface area contributed by atoms with Crippen molar-refractivity contribution in [1.82, 2.24) is 9.80 Å². The second-order valence-electron chi connectivity index (χ2n) is 7.06. The molecule has 20 heavy (non-hydrogen) atoms. The summed E-state index contributed by atoms with van der Waals surface area (Å²) in [6.07, 6.45) is 6.10. The molecule has 1 atom stereocenters. The summed E-state index contributed by atoms with van der Waals surface area (Å²) in [5.74, 6) is 2.30. The molecule has 116 valence electrons. The highest BCUT2D eigenvalue weighted by Gasteiger charge is 2.27. The number of amides is 1. The first kappa shape index (κ1) is 15.8. The monoisotopic (exact) mass is 280 g/mol. The highest BCUT2D eigenvalue weighted by molar-refractivity contribution is 5.78. The highest BCUT2D eigenvalue weighted by Crippen LogP contribution is 2.23. The van der Waals surface area contributed by atoms with Gasteiger partial charge in [0.05, 0.1) is 0 Å². The van der Waals surface area contributed by atoms with Crippen molar-refractivity contribution < 1.29 is 4.79 Å². The van der Waals surface area contributed by atoms with Crippen molar-refractivity contribution in [3.8, 4) is 0 Å². The van der Waals surface area contributed by atoms with E-state index in [1.54, 1.807) is 0 Å². The molecule has 2 aliphatic heterocycles. The second-order valence-corrected chi connectivity index (χ2v) is 7.06. The molecular formula is C17H32N2O. The van der Waals surface area contributed by atoms with Crippen LogP contribution in [-0.2, 0) is 4.79 Å². The molecule has 3 nitrogen and oxygen atoms in total. The smallest absolute Gasteiger partial charge is 0.225 e. The zero-order valence-electron chi connectivity index (χ0n) is 13.6. The van der Waals surface area contributed by atoms with E-state index in [2.05, 4.69) is 30.6 Å². The number of rotatable bonds is 4. The highest BCUT2D eigenvalue weighted by atomic mass is 16.2. The van der Waals surface area contributed by atoms with Crippen LogP contribution in [0.4, 0.5) is 0 Å². The van der Waals surface area contributed by atoms with E-state index in [-0.39, 0.29) is 5.92 Å². The molecule has 2 aliphatic rings. The maximum absolute atomic E-state index is 12.2. The number of piperidine rings is 2. The van der Waals surface area contributed by atoms with Gasteiger partial charge in [-0.15, -0.1) is 0 Å². The van der Waals surface area contributed by atoms with Crippen molar-refractivity contribution in [2.45, 2.75) is 52.9 Å². The number of likely N-dealkylation sites (tertiary alicyclic amines) is 2. The lowest BCUT2D eigenvalue weighted by Gasteiger charge is -2.37. The Bertz CT molecular complexity index is 302. The van der Waals surface area contributed by atoms with Gasteiger partial charge in [0.25, 0.3) is 0 Å². The predicted molar refractivity (Wildman–Crippen MR) is 83.6 cm³/mol. The summed E-state index contributed by atoms with van der Waals surface area (Å²) in [6, 6.07) is 0. The summed E-state index contributed by atoms with van der Waals surface area (Å²) >= 11 is 0. The summed E-state index contributed by atoms with van der Waals surface area (Å²) in [7, 11) is 0. The minimum Gasteiger partial charge on any atom is -0.342 e. The van der Waals surface area contributed by atoms with Crippen LogP contribution in [0.15, 0.2) is 0 Å². The normalized spacial score (nSPS) is 24.9. The molecule has 0 aromatic heterocycles. The van der Waals surface area contributed by atoms with Gasteiger partial charge in [-0.05, 0) is 57.0 Å². The molecule has 2 rings (SSSR count). The standard InChI is InChI=1S/C17H32N2O/c1-4-15(3)17(20)19-11-7-16(8-12-19)13-18-9-5-14(2)6-10-18/h14-16H,4-13H2,1-3H3. The van der Waals surface area contributed by atoms with Gasteiger partial charge >= 0.3 is 0 Å². The zero-order valence-corrected chi connectivity index (χ0v) is 13.6.